The van der Waals surface area contributed by atoms with Crippen LogP contribution in [0.2, 0.25) is 0 Å². The first-order valence-electron chi connectivity index (χ1n) is 7.79. The summed E-state index contributed by atoms with van der Waals surface area (Å²) in [5.74, 6) is 2.30. The molecule has 2 aromatic carbocycles. The van der Waals surface area contributed by atoms with E-state index in [2.05, 4.69) is 15.3 Å². The van der Waals surface area contributed by atoms with Gasteiger partial charge in [0.2, 0.25) is 5.95 Å². The van der Waals surface area contributed by atoms with Crippen LogP contribution in [0.25, 0.3) is 11.1 Å². The first kappa shape index (κ1) is 16.6. The molecule has 128 valence electrons. The molecule has 25 heavy (non-hydrogen) atoms. The fourth-order valence-electron chi connectivity index (χ4n) is 2.60. The van der Waals surface area contributed by atoms with E-state index in [-0.39, 0.29) is 5.95 Å². The van der Waals surface area contributed by atoms with Crippen LogP contribution >= 0.6 is 0 Å². The number of benzene rings is 2. The molecule has 1 aromatic heterocycles. The molecular weight excluding hydrogens is 316 g/mol. The number of aryl methyl sites for hydroxylation is 1. The van der Waals surface area contributed by atoms with Crippen LogP contribution in [-0.2, 0) is 0 Å². The molecule has 0 aliphatic heterocycles. The molecule has 1 heterocycles. The van der Waals surface area contributed by atoms with Gasteiger partial charge >= 0.3 is 0 Å². The highest BCUT2D eigenvalue weighted by Crippen LogP contribution is 2.33. The summed E-state index contributed by atoms with van der Waals surface area (Å²) in [5, 5.41) is 3.26. The minimum atomic E-state index is 0.249. The average molecular weight is 336 g/mol. The van der Waals surface area contributed by atoms with Crippen molar-refractivity contribution in [3.05, 3.63) is 54.2 Å². The summed E-state index contributed by atoms with van der Waals surface area (Å²) >= 11 is 0. The molecule has 6 heteroatoms. The summed E-state index contributed by atoms with van der Waals surface area (Å²) < 4.78 is 10.7. The molecule has 0 bridgehead atoms. The van der Waals surface area contributed by atoms with Gasteiger partial charge in [-0.05, 0) is 42.3 Å². The van der Waals surface area contributed by atoms with Gasteiger partial charge in [-0.25, -0.2) is 4.98 Å². The number of anilines is 3. The van der Waals surface area contributed by atoms with E-state index in [0.717, 1.165) is 22.5 Å². The Morgan fingerprint density at radius 3 is 2.36 bits per heavy atom. The SMILES string of the molecule is COc1ccc(-c2cccc(Nc3cc(C)nc(N)n3)c2)cc1OC. The molecule has 3 aromatic rings. The smallest absolute Gasteiger partial charge is 0.222 e. The predicted octanol–water partition coefficient (Wildman–Crippen LogP) is 3.80. The molecule has 3 rings (SSSR count). The van der Waals surface area contributed by atoms with Crippen LogP contribution < -0.4 is 20.5 Å². The van der Waals surface area contributed by atoms with E-state index in [4.69, 9.17) is 15.2 Å². The van der Waals surface area contributed by atoms with Crippen molar-refractivity contribution in [1.82, 2.24) is 9.97 Å². The van der Waals surface area contributed by atoms with Gasteiger partial charge in [-0.15, -0.1) is 0 Å². The second kappa shape index (κ2) is 7.09. The van der Waals surface area contributed by atoms with Crippen molar-refractivity contribution in [1.29, 1.82) is 0 Å². The van der Waals surface area contributed by atoms with Crippen molar-refractivity contribution in [3.63, 3.8) is 0 Å². The number of nitrogen functional groups attached to an aromatic ring is 1. The molecular formula is C19H20N4O2. The van der Waals surface area contributed by atoms with Gasteiger partial charge in [-0.3, -0.25) is 0 Å². The van der Waals surface area contributed by atoms with Crippen LogP contribution in [0, 0.1) is 6.92 Å². The lowest BCUT2D eigenvalue weighted by Gasteiger charge is -2.11. The van der Waals surface area contributed by atoms with Crippen LogP contribution in [0.3, 0.4) is 0 Å². The number of hydrogen-bond acceptors (Lipinski definition) is 6. The van der Waals surface area contributed by atoms with Gasteiger partial charge in [0.1, 0.15) is 5.82 Å². The van der Waals surface area contributed by atoms with E-state index in [9.17, 15) is 0 Å². The van der Waals surface area contributed by atoms with Gasteiger partial charge in [0.25, 0.3) is 0 Å². The van der Waals surface area contributed by atoms with Crippen molar-refractivity contribution in [3.8, 4) is 22.6 Å². The minimum absolute atomic E-state index is 0.249. The molecule has 0 spiro atoms. The number of aromatic nitrogens is 2. The quantitative estimate of drug-likeness (QED) is 0.737. The van der Waals surface area contributed by atoms with Crippen LogP contribution in [-0.4, -0.2) is 24.2 Å². The molecule has 0 saturated carbocycles. The Kier molecular flexibility index (Phi) is 4.70. The number of methoxy groups -OCH3 is 2. The van der Waals surface area contributed by atoms with Crippen molar-refractivity contribution < 1.29 is 9.47 Å². The van der Waals surface area contributed by atoms with Crippen molar-refractivity contribution in [2.24, 2.45) is 0 Å². The third-order valence-corrected chi connectivity index (χ3v) is 3.72. The molecule has 0 radical (unpaired) electrons. The highest BCUT2D eigenvalue weighted by molar-refractivity contribution is 5.72. The van der Waals surface area contributed by atoms with Gasteiger partial charge in [-0.2, -0.15) is 4.98 Å². The Morgan fingerprint density at radius 2 is 1.64 bits per heavy atom. The summed E-state index contributed by atoms with van der Waals surface area (Å²) in [7, 11) is 3.25. The van der Waals surface area contributed by atoms with Crippen molar-refractivity contribution in [2.45, 2.75) is 6.92 Å². The predicted molar refractivity (Wildman–Crippen MR) is 99.4 cm³/mol. The summed E-state index contributed by atoms with van der Waals surface area (Å²) in [6.07, 6.45) is 0. The Morgan fingerprint density at radius 1 is 0.880 bits per heavy atom. The molecule has 0 atom stereocenters. The maximum Gasteiger partial charge on any atom is 0.222 e. The average Bonchev–Trinajstić information content (AvgIpc) is 2.60. The Bertz CT molecular complexity index is 876. The fraction of sp³-hybridized carbons (Fsp3) is 0.158. The van der Waals surface area contributed by atoms with Crippen LogP contribution in [0.1, 0.15) is 5.69 Å². The number of nitrogens with one attached hydrogen (secondary N) is 1. The molecule has 0 amide bonds. The first-order chi connectivity index (χ1) is 12.1. The van der Waals surface area contributed by atoms with E-state index in [1.807, 2.05) is 55.5 Å². The Hall–Kier alpha value is -3.28. The fourth-order valence-corrected chi connectivity index (χ4v) is 2.60. The number of hydrogen-bond donors (Lipinski definition) is 2. The summed E-state index contributed by atoms with van der Waals surface area (Å²) in [4.78, 5) is 8.28. The maximum absolute atomic E-state index is 5.71. The van der Waals surface area contributed by atoms with Crippen molar-refractivity contribution >= 4 is 17.5 Å². The molecule has 0 saturated heterocycles. The normalized spacial score (nSPS) is 10.4. The molecule has 3 N–H and O–H groups in total. The van der Waals surface area contributed by atoms with Gasteiger partial charge in [0.05, 0.1) is 14.2 Å². The number of ether oxygens (including phenoxy) is 2. The van der Waals surface area contributed by atoms with Crippen LogP contribution in [0.15, 0.2) is 48.5 Å². The zero-order valence-corrected chi connectivity index (χ0v) is 14.4. The summed E-state index contributed by atoms with van der Waals surface area (Å²) in [6.45, 7) is 1.88. The van der Waals surface area contributed by atoms with Gasteiger partial charge in [0.15, 0.2) is 11.5 Å². The van der Waals surface area contributed by atoms with Crippen molar-refractivity contribution in [2.75, 3.05) is 25.3 Å². The molecule has 6 nitrogen and oxygen atoms in total. The zero-order valence-electron chi connectivity index (χ0n) is 14.4. The first-order valence-corrected chi connectivity index (χ1v) is 7.79. The third-order valence-electron chi connectivity index (χ3n) is 3.72. The largest absolute Gasteiger partial charge is 0.493 e. The molecule has 0 aliphatic carbocycles. The number of nitrogens with two attached hydrogens (primary N) is 1. The van der Waals surface area contributed by atoms with E-state index >= 15 is 0 Å². The molecule has 0 fully saturated rings. The lowest BCUT2D eigenvalue weighted by Crippen LogP contribution is -2.01. The Labute approximate surface area is 146 Å². The summed E-state index contributed by atoms with van der Waals surface area (Å²) in [5.41, 5.74) is 9.50. The third kappa shape index (κ3) is 3.80. The topological polar surface area (TPSA) is 82.3 Å². The van der Waals surface area contributed by atoms with E-state index in [1.165, 1.54) is 0 Å². The zero-order chi connectivity index (χ0) is 17.8. The molecule has 0 aliphatic rings. The van der Waals surface area contributed by atoms with E-state index < -0.39 is 0 Å². The lowest BCUT2D eigenvalue weighted by molar-refractivity contribution is 0.355. The minimum Gasteiger partial charge on any atom is -0.493 e. The highest BCUT2D eigenvalue weighted by Gasteiger charge is 2.07. The van der Waals surface area contributed by atoms with Gasteiger partial charge in [-0.1, -0.05) is 18.2 Å². The van der Waals surface area contributed by atoms with Crippen LogP contribution in [0.4, 0.5) is 17.5 Å². The Balaban J connectivity index is 1.91. The highest BCUT2D eigenvalue weighted by atomic mass is 16.5. The second-order valence-corrected chi connectivity index (χ2v) is 5.53. The lowest BCUT2D eigenvalue weighted by atomic mass is 10.0. The van der Waals surface area contributed by atoms with Gasteiger partial charge < -0.3 is 20.5 Å². The number of nitrogens with zero attached hydrogens (tertiary/aromatic N) is 2. The van der Waals surface area contributed by atoms with E-state index in [1.54, 1.807) is 14.2 Å². The van der Waals surface area contributed by atoms with E-state index in [0.29, 0.717) is 17.3 Å². The second-order valence-electron chi connectivity index (χ2n) is 5.53. The standard InChI is InChI=1S/C19H20N4O2/c1-12-9-18(23-19(20)21-12)22-15-6-4-5-13(10-15)14-7-8-16(24-2)17(11-14)25-3/h4-11H,1-3H3,(H3,20,21,22,23). The van der Waals surface area contributed by atoms with Crippen LogP contribution in [0.5, 0.6) is 11.5 Å². The monoisotopic (exact) mass is 336 g/mol. The molecule has 0 unspecified atom stereocenters. The maximum atomic E-state index is 5.71. The van der Waals surface area contributed by atoms with Gasteiger partial charge in [0, 0.05) is 17.4 Å². The number of rotatable bonds is 5. The summed E-state index contributed by atoms with van der Waals surface area (Å²) in [6, 6.07) is 15.7.